The molecule has 3 aromatic rings. The summed E-state index contributed by atoms with van der Waals surface area (Å²) in [5.74, 6) is -0.189. The third-order valence-electron chi connectivity index (χ3n) is 5.51. The van der Waals surface area contributed by atoms with E-state index in [1.807, 2.05) is 0 Å². The second-order valence-electron chi connectivity index (χ2n) is 7.85. The molecule has 1 saturated heterocycles. The fraction of sp³-hybridized carbons (Fsp3) is 0.261. The van der Waals surface area contributed by atoms with Crippen molar-refractivity contribution in [2.45, 2.75) is 9.10 Å². The Bertz CT molecular complexity index is 1460. The minimum atomic E-state index is -4.07. The van der Waals surface area contributed by atoms with Crippen molar-refractivity contribution in [2.75, 3.05) is 49.6 Å². The molecule has 198 valence electrons. The zero-order valence-electron chi connectivity index (χ0n) is 19.7. The van der Waals surface area contributed by atoms with Gasteiger partial charge in [0.15, 0.2) is 0 Å². The Balaban J connectivity index is 1.60. The van der Waals surface area contributed by atoms with Gasteiger partial charge in [-0.15, -0.1) is 11.3 Å². The number of nitrogens with zero attached hydrogens (tertiary/aromatic N) is 2. The third-order valence-corrected chi connectivity index (χ3v) is 10.9. The molecule has 0 aliphatic carbocycles. The lowest BCUT2D eigenvalue weighted by atomic mass is 10.3. The molecule has 0 saturated carbocycles. The third kappa shape index (κ3) is 6.08. The van der Waals surface area contributed by atoms with Crippen LogP contribution in [0.25, 0.3) is 0 Å². The highest BCUT2D eigenvalue weighted by Crippen LogP contribution is 2.30. The van der Waals surface area contributed by atoms with Gasteiger partial charge in [-0.2, -0.15) is 4.31 Å². The van der Waals surface area contributed by atoms with Crippen LogP contribution in [0.5, 0.6) is 5.75 Å². The van der Waals surface area contributed by atoms with Gasteiger partial charge in [-0.25, -0.2) is 16.8 Å². The van der Waals surface area contributed by atoms with Gasteiger partial charge in [-0.3, -0.25) is 9.10 Å². The minimum absolute atomic E-state index is 0.0456. The number of hydrogen-bond donors (Lipinski definition) is 1. The summed E-state index contributed by atoms with van der Waals surface area (Å²) in [6.45, 7) is 0.421. The van der Waals surface area contributed by atoms with Crippen LogP contribution < -0.4 is 14.4 Å². The molecular weight excluding hydrogens is 562 g/mol. The fourth-order valence-corrected chi connectivity index (χ4v) is 7.72. The first-order valence-electron chi connectivity index (χ1n) is 11.0. The molecule has 0 spiro atoms. The van der Waals surface area contributed by atoms with E-state index >= 15 is 0 Å². The summed E-state index contributed by atoms with van der Waals surface area (Å²) >= 11 is 7.27. The van der Waals surface area contributed by atoms with Crippen LogP contribution in [0.3, 0.4) is 0 Å². The predicted molar refractivity (Wildman–Crippen MR) is 142 cm³/mol. The van der Waals surface area contributed by atoms with Crippen molar-refractivity contribution in [3.8, 4) is 5.75 Å². The van der Waals surface area contributed by atoms with Crippen molar-refractivity contribution in [3.63, 3.8) is 0 Å². The summed E-state index contributed by atoms with van der Waals surface area (Å²) in [6, 6.07) is 13.3. The number of halogens is 1. The Hall–Kier alpha value is -2.68. The Morgan fingerprint density at radius 1 is 1.11 bits per heavy atom. The number of anilines is 2. The van der Waals surface area contributed by atoms with Crippen LogP contribution in [0.4, 0.5) is 11.4 Å². The Morgan fingerprint density at radius 3 is 2.43 bits per heavy atom. The number of methoxy groups -OCH3 is 1. The number of sulfonamides is 2. The number of amides is 1. The van der Waals surface area contributed by atoms with Gasteiger partial charge >= 0.3 is 0 Å². The molecule has 1 aliphatic rings. The summed E-state index contributed by atoms with van der Waals surface area (Å²) in [5, 5.41) is 4.29. The number of morpholine rings is 1. The molecule has 0 atom stereocenters. The van der Waals surface area contributed by atoms with Crippen molar-refractivity contribution >= 4 is 60.3 Å². The number of ether oxygens (including phenoxy) is 2. The van der Waals surface area contributed by atoms with Crippen LogP contribution in [-0.2, 0) is 29.6 Å². The molecule has 1 fully saturated rings. The summed E-state index contributed by atoms with van der Waals surface area (Å²) in [7, 11) is -6.42. The number of hydrogen-bond acceptors (Lipinski definition) is 8. The summed E-state index contributed by atoms with van der Waals surface area (Å²) in [5.41, 5.74) is 0.295. The Labute approximate surface area is 224 Å². The number of carbonyl (C=O) groups is 1. The molecule has 37 heavy (non-hydrogen) atoms. The second kappa shape index (κ2) is 11.4. The largest absolute Gasteiger partial charge is 0.497 e. The van der Waals surface area contributed by atoms with E-state index in [1.165, 1.54) is 47.8 Å². The van der Waals surface area contributed by atoms with E-state index in [1.54, 1.807) is 23.6 Å². The molecular formula is C23H24ClN3O7S3. The molecule has 1 amide bonds. The smallest absolute Gasteiger partial charge is 0.274 e. The number of rotatable bonds is 9. The van der Waals surface area contributed by atoms with Gasteiger partial charge in [0, 0.05) is 13.1 Å². The number of benzene rings is 2. The van der Waals surface area contributed by atoms with Crippen LogP contribution in [0, 0.1) is 0 Å². The van der Waals surface area contributed by atoms with Crippen LogP contribution in [-0.4, -0.2) is 67.0 Å². The average Bonchev–Trinajstić information content (AvgIpc) is 3.45. The van der Waals surface area contributed by atoms with E-state index in [9.17, 15) is 21.6 Å². The highest BCUT2D eigenvalue weighted by Gasteiger charge is 2.30. The van der Waals surface area contributed by atoms with E-state index in [0.29, 0.717) is 5.75 Å². The van der Waals surface area contributed by atoms with E-state index in [0.717, 1.165) is 15.6 Å². The van der Waals surface area contributed by atoms with E-state index in [2.05, 4.69) is 5.32 Å². The number of carbonyl (C=O) groups excluding carboxylic acids is 1. The van der Waals surface area contributed by atoms with Gasteiger partial charge in [0.1, 0.15) is 16.5 Å². The molecule has 0 unspecified atom stereocenters. The molecule has 1 N–H and O–H groups in total. The van der Waals surface area contributed by atoms with Crippen molar-refractivity contribution in [3.05, 3.63) is 65.0 Å². The topological polar surface area (TPSA) is 122 Å². The maximum atomic E-state index is 13.4. The average molecular weight is 586 g/mol. The summed E-state index contributed by atoms with van der Waals surface area (Å²) in [4.78, 5) is 13.0. The van der Waals surface area contributed by atoms with Gasteiger partial charge in [-0.05, 0) is 53.9 Å². The monoisotopic (exact) mass is 585 g/mol. The number of nitrogens with one attached hydrogen (secondary N) is 1. The first-order valence-corrected chi connectivity index (χ1v) is 15.1. The first-order chi connectivity index (χ1) is 17.6. The van der Waals surface area contributed by atoms with Crippen LogP contribution in [0.2, 0.25) is 5.02 Å². The van der Waals surface area contributed by atoms with Crippen LogP contribution >= 0.6 is 22.9 Å². The van der Waals surface area contributed by atoms with Crippen molar-refractivity contribution < 1.29 is 31.1 Å². The predicted octanol–water partition coefficient (Wildman–Crippen LogP) is 3.27. The maximum absolute atomic E-state index is 13.4. The van der Waals surface area contributed by atoms with E-state index in [4.69, 9.17) is 21.1 Å². The van der Waals surface area contributed by atoms with E-state index < -0.39 is 32.5 Å². The van der Waals surface area contributed by atoms with Crippen molar-refractivity contribution in [1.82, 2.24) is 4.31 Å². The molecule has 0 bridgehead atoms. The molecule has 2 aromatic carbocycles. The van der Waals surface area contributed by atoms with Gasteiger partial charge in [0.2, 0.25) is 15.9 Å². The Morgan fingerprint density at radius 2 is 1.81 bits per heavy atom. The molecule has 0 radical (unpaired) electrons. The summed E-state index contributed by atoms with van der Waals surface area (Å²) in [6.07, 6.45) is 0. The SMILES string of the molecule is COc1ccc(N(CC(=O)Nc2cc(S(=O)(=O)N3CCOCC3)ccc2Cl)S(=O)(=O)c2cccs2)cc1. The van der Waals surface area contributed by atoms with Gasteiger partial charge in [-0.1, -0.05) is 17.7 Å². The van der Waals surface area contributed by atoms with Crippen LogP contribution in [0.15, 0.2) is 69.1 Å². The first kappa shape index (κ1) is 27.4. The molecule has 10 nitrogen and oxygen atoms in total. The zero-order chi connectivity index (χ0) is 26.6. The van der Waals surface area contributed by atoms with Gasteiger partial charge in [0.25, 0.3) is 10.0 Å². The molecule has 2 heterocycles. The molecule has 14 heteroatoms. The van der Waals surface area contributed by atoms with Crippen molar-refractivity contribution in [2.24, 2.45) is 0 Å². The van der Waals surface area contributed by atoms with Crippen LogP contribution in [0.1, 0.15) is 0 Å². The lowest BCUT2D eigenvalue weighted by Crippen LogP contribution is -2.40. The zero-order valence-corrected chi connectivity index (χ0v) is 22.9. The lowest BCUT2D eigenvalue weighted by Gasteiger charge is -2.26. The lowest BCUT2D eigenvalue weighted by molar-refractivity contribution is -0.114. The fourth-order valence-electron chi connectivity index (χ4n) is 3.60. The Kier molecular flexibility index (Phi) is 8.41. The quantitative estimate of drug-likeness (QED) is 0.409. The van der Waals surface area contributed by atoms with E-state index in [-0.39, 0.29) is 51.8 Å². The molecule has 4 rings (SSSR count). The highest BCUT2D eigenvalue weighted by molar-refractivity contribution is 7.94. The molecule has 1 aliphatic heterocycles. The summed E-state index contributed by atoms with van der Waals surface area (Å²) < 4.78 is 65.5. The minimum Gasteiger partial charge on any atom is -0.497 e. The highest BCUT2D eigenvalue weighted by atomic mass is 35.5. The maximum Gasteiger partial charge on any atom is 0.274 e. The number of thiophene rings is 1. The van der Waals surface area contributed by atoms with Crippen molar-refractivity contribution in [1.29, 1.82) is 0 Å². The second-order valence-corrected chi connectivity index (χ2v) is 13.2. The van der Waals surface area contributed by atoms with Gasteiger partial charge in [0.05, 0.1) is 41.6 Å². The van der Waals surface area contributed by atoms with Gasteiger partial charge < -0.3 is 14.8 Å². The molecule has 1 aromatic heterocycles. The normalized spacial score (nSPS) is 14.8. The standard InChI is InChI=1S/C23H24ClN3O7S3/c1-33-18-6-4-17(5-7-18)27(37(31,32)23-3-2-14-35-23)16-22(28)25-21-15-19(8-9-20(21)24)36(29,30)26-10-12-34-13-11-26/h2-9,14-15H,10-13,16H2,1H3,(H,25,28).